The Kier molecular flexibility index (Phi) is 7.34. The predicted octanol–water partition coefficient (Wildman–Crippen LogP) is 12.7. The number of amidine groups is 1. The highest BCUT2D eigenvalue weighted by atomic mass is 32.1. The Bertz CT molecular complexity index is 3180. The molecule has 2 unspecified atom stereocenters. The van der Waals surface area contributed by atoms with E-state index in [0.717, 1.165) is 17.8 Å². The standard InChI is InChI=1S/C52H36N4S/c1-3-14-32(15-4-1)50-53-51(33-16-5-2-6-17-33)55-52(54-50)42-23-12-22-41-48-37(21-13-27-46(48)57-49(41)42)34-28-29-38-36(30-34)31-35-18-11-26-45(47(35)38)56-43-24-9-7-19-39(43)40-20-8-10-25-44(40)56/h1-30,50,52,54H,31H2,(H,53,55). The largest absolute Gasteiger partial charge is 0.350 e. The molecule has 0 saturated heterocycles. The van der Waals surface area contributed by atoms with Crippen LogP contribution in [-0.2, 0) is 6.42 Å². The van der Waals surface area contributed by atoms with Gasteiger partial charge in [-0.25, -0.2) is 4.99 Å². The number of nitrogens with zero attached hydrogens (tertiary/aromatic N) is 2. The van der Waals surface area contributed by atoms with E-state index in [4.69, 9.17) is 4.99 Å². The molecule has 2 aromatic heterocycles. The van der Waals surface area contributed by atoms with Gasteiger partial charge in [-0.15, -0.1) is 11.3 Å². The third-order valence-electron chi connectivity index (χ3n) is 11.9. The van der Waals surface area contributed by atoms with Crippen molar-refractivity contribution in [1.82, 2.24) is 15.2 Å². The molecule has 8 aromatic carbocycles. The van der Waals surface area contributed by atoms with Crippen LogP contribution >= 0.6 is 11.3 Å². The van der Waals surface area contributed by atoms with Crippen molar-refractivity contribution in [3.05, 3.63) is 210 Å². The molecule has 2 aliphatic rings. The number of hydrogen-bond donors (Lipinski definition) is 2. The van der Waals surface area contributed by atoms with Crippen molar-refractivity contribution in [2.75, 3.05) is 0 Å². The van der Waals surface area contributed by atoms with Crippen molar-refractivity contribution in [3.63, 3.8) is 0 Å². The molecular formula is C52H36N4S. The minimum Gasteiger partial charge on any atom is -0.350 e. The third-order valence-corrected chi connectivity index (χ3v) is 13.1. The van der Waals surface area contributed by atoms with E-state index in [0.29, 0.717) is 0 Å². The zero-order chi connectivity index (χ0) is 37.5. The van der Waals surface area contributed by atoms with Crippen LogP contribution in [0.25, 0.3) is 69.9 Å². The molecule has 10 aromatic rings. The number of fused-ring (bicyclic) bond motifs is 9. The molecule has 12 rings (SSSR count). The van der Waals surface area contributed by atoms with E-state index in [1.54, 1.807) is 0 Å². The number of hydrogen-bond acceptors (Lipinski definition) is 4. The van der Waals surface area contributed by atoms with Gasteiger partial charge in [-0.2, -0.15) is 0 Å². The Morgan fingerprint density at radius 2 is 1.26 bits per heavy atom. The average molecular weight is 749 g/mol. The van der Waals surface area contributed by atoms with Crippen LogP contribution in [0.1, 0.15) is 40.1 Å². The minimum atomic E-state index is -0.228. The maximum Gasteiger partial charge on any atom is 0.131 e. The molecule has 57 heavy (non-hydrogen) atoms. The first-order valence-corrected chi connectivity index (χ1v) is 20.5. The van der Waals surface area contributed by atoms with Gasteiger partial charge in [-0.05, 0) is 64.1 Å². The highest BCUT2D eigenvalue weighted by Crippen LogP contribution is 2.47. The topological polar surface area (TPSA) is 41.4 Å². The number of aliphatic imine (C=N–C) groups is 1. The molecule has 0 fully saturated rings. The first-order chi connectivity index (χ1) is 28.3. The number of rotatable bonds is 5. The normalized spacial score (nSPS) is 16.2. The highest BCUT2D eigenvalue weighted by Gasteiger charge is 2.28. The van der Waals surface area contributed by atoms with Crippen LogP contribution in [0, 0.1) is 0 Å². The number of thiophene rings is 1. The molecule has 1 aliphatic carbocycles. The van der Waals surface area contributed by atoms with Gasteiger partial charge in [0, 0.05) is 47.6 Å². The van der Waals surface area contributed by atoms with Crippen LogP contribution < -0.4 is 10.6 Å². The summed E-state index contributed by atoms with van der Waals surface area (Å²) in [4.78, 5) is 5.32. The molecule has 0 spiro atoms. The minimum absolute atomic E-state index is 0.0879. The number of aromatic nitrogens is 1. The second kappa shape index (κ2) is 12.9. The van der Waals surface area contributed by atoms with Gasteiger partial charge in [0.1, 0.15) is 18.2 Å². The lowest BCUT2D eigenvalue weighted by Crippen LogP contribution is -2.44. The Morgan fingerprint density at radius 1 is 0.561 bits per heavy atom. The molecule has 1 aliphatic heterocycles. The van der Waals surface area contributed by atoms with Crippen LogP contribution in [-0.4, -0.2) is 10.4 Å². The summed E-state index contributed by atoms with van der Waals surface area (Å²) < 4.78 is 5.02. The van der Waals surface area contributed by atoms with E-state index in [1.165, 1.54) is 92.2 Å². The van der Waals surface area contributed by atoms with E-state index in [1.807, 2.05) is 11.3 Å². The predicted molar refractivity (Wildman–Crippen MR) is 239 cm³/mol. The monoisotopic (exact) mass is 748 g/mol. The van der Waals surface area contributed by atoms with Gasteiger partial charge >= 0.3 is 0 Å². The van der Waals surface area contributed by atoms with E-state index in [2.05, 4.69) is 197 Å². The SMILES string of the molecule is c1ccc(C2=NC(c3cccc4c3sc3cccc(-c5ccc6c(c5)Cc5cccc(-n7c8ccccc8c8ccccc87)c5-6)c34)NC(c3ccccc3)N2)cc1. The summed E-state index contributed by atoms with van der Waals surface area (Å²) >= 11 is 1.87. The van der Waals surface area contributed by atoms with Gasteiger partial charge in [0.05, 0.1) is 16.7 Å². The van der Waals surface area contributed by atoms with Crippen molar-refractivity contribution in [2.24, 2.45) is 4.99 Å². The summed E-state index contributed by atoms with van der Waals surface area (Å²) in [5, 5.41) is 12.7. The highest BCUT2D eigenvalue weighted by molar-refractivity contribution is 7.26. The van der Waals surface area contributed by atoms with Crippen LogP contribution in [0.2, 0.25) is 0 Å². The van der Waals surface area contributed by atoms with E-state index >= 15 is 0 Å². The summed E-state index contributed by atoms with van der Waals surface area (Å²) in [5.74, 6) is 0.896. The van der Waals surface area contributed by atoms with Gasteiger partial charge in [0.2, 0.25) is 0 Å². The summed E-state index contributed by atoms with van der Waals surface area (Å²) in [6.07, 6.45) is 0.601. The van der Waals surface area contributed by atoms with Crippen LogP contribution in [0.3, 0.4) is 0 Å². The number of para-hydroxylation sites is 2. The van der Waals surface area contributed by atoms with E-state index in [9.17, 15) is 0 Å². The molecule has 5 heteroatoms. The van der Waals surface area contributed by atoms with Crippen molar-refractivity contribution in [3.8, 4) is 27.9 Å². The molecule has 2 atom stereocenters. The fraction of sp³-hybridized carbons (Fsp3) is 0.0577. The molecule has 4 nitrogen and oxygen atoms in total. The fourth-order valence-electron chi connectivity index (χ4n) is 9.37. The summed E-state index contributed by atoms with van der Waals surface area (Å²) in [5.41, 5.74) is 15.1. The Morgan fingerprint density at radius 3 is 2.07 bits per heavy atom. The van der Waals surface area contributed by atoms with Crippen molar-refractivity contribution < 1.29 is 0 Å². The maximum atomic E-state index is 5.32. The second-order valence-electron chi connectivity index (χ2n) is 15.1. The van der Waals surface area contributed by atoms with Crippen molar-refractivity contribution in [2.45, 2.75) is 18.8 Å². The number of nitrogens with one attached hydrogen (secondary N) is 2. The smallest absolute Gasteiger partial charge is 0.131 e. The van der Waals surface area contributed by atoms with Gasteiger partial charge in [0.15, 0.2) is 0 Å². The molecular weight excluding hydrogens is 713 g/mol. The van der Waals surface area contributed by atoms with Crippen LogP contribution in [0.15, 0.2) is 187 Å². The fourth-order valence-corrected chi connectivity index (χ4v) is 10.6. The van der Waals surface area contributed by atoms with Gasteiger partial charge in [0.25, 0.3) is 0 Å². The third kappa shape index (κ3) is 5.13. The molecule has 0 amide bonds. The molecule has 270 valence electrons. The second-order valence-corrected chi connectivity index (χ2v) is 16.2. The van der Waals surface area contributed by atoms with E-state index in [-0.39, 0.29) is 12.3 Å². The Hall–Kier alpha value is -6.79. The quantitative estimate of drug-likeness (QED) is 0.184. The zero-order valence-electron chi connectivity index (χ0n) is 31.0. The zero-order valence-corrected chi connectivity index (χ0v) is 31.8. The van der Waals surface area contributed by atoms with Gasteiger partial charge in [-0.1, -0.05) is 158 Å². The lowest BCUT2D eigenvalue weighted by molar-refractivity contribution is 0.411. The van der Waals surface area contributed by atoms with Gasteiger partial charge in [-0.3, -0.25) is 5.32 Å². The molecule has 0 bridgehead atoms. The molecule has 0 saturated carbocycles. The Labute approximate surface area is 334 Å². The Balaban J connectivity index is 0.972. The first kappa shape index (κ1) is 32.5. The summed E-state index contributed by atoms with van der Waals surface area (Å²) in [6, 6.07) is 66.2. The first-order valence-electron chi connectivity index (χ1n) is 19.7. The molecule has 3 heterocycles. The summed E-state index contributed by atoms with van der Waals surface area (Å²) in [7, 11) is 0. The molecule has 2 N–H and O–H groups in total. The van der Waals surface area contributed by atoms with Gasteiger partial charge < -0.3 is 9.88 Å². The lowest BCUT2D eigenvalue weighted by Gasteiger charge is -2.32. The van der Waals surface area contributed by atoms with Crippen LogP contribution in [0.4, 0.5) is 0 Å². The maximum absolute atomic E-state index is 5.32. The van der Waals surface area contributed by atoms with Crippen molar-refractivity contribution in [1.29, 1.82) is 0 Å². The van der Waals surface area contributed by atoms with Crippen molar-refractivity contribution >= 4 is 59.2 Å². The molecule has 0 radical (unpaired) electrons. The van der Waals surface area contributed by atoms with E-state index < -0.39 is 0 Å². The lowest BCUT2D eigenvalue weighted by atomic mass is 9.95. The average Bonchev–Trinajstić information content (AvgIpc) is 3.96. The number of benzene rings is 8. The summed E-state index contributed by atoms with van der Waals surface area (Å²) in [6.45, 7) is 0. The van der Waals surface area contributed by atoms with Crippen LogP contribution in [0.5, 0.6) is 0 Å².